The largest absolute Gasteiger partial charge is 0.454 e. The zero-order chi connectivity index (χ0) is 14.1. The molecule has 0 atom stereocenters. The van der Waals surface area contributed by atoms with E-state index in [1.165, 1.54) is 0 Å². The lowest BCUT2D eigenvalue weighted by molar-refractivity contribution is -0.384. The fourth-order valence-electron chi connectivity index (χ4n) is 1.78. The molecular formula is C12H8FN3O4. The third-order valence-electron chi connectivity index (χ3n) is 2.67. The predicted octanol–water partition coefficient (Wildman–Crippen LogP) is 2.60. The lowest BCUT2D eigenvalue weighted by atomic mass is 10.2. The SMILES string of the molecule is O=[N+]([O-])c1ccc(F)nc1Nc1ccc2c(c1)OCO2. The molecule has 8 heteroatoms. The van der Waals surface area contributed by atoms with E-state index in [2.05, 4.69) is 10.3 Å². The van der Waals surface area contributed by atoms with Gasteiger partial charge in [0.1, 0.15) is 0 Å². The Morgan fingerprint density at radius 3 is 2.85 bits per heavy atom. The molecule has 0 bridgehead atoms. The molecule has 0 amide bonds. The van der Waals surface area contributed by atoms with Gasteiger partial charge in [0.2, 0.25) is 18.6 Å². The van der Waals surface area contributed by atoms with Crippen molar-refractivity contribution in [3.8, 4) is 11.5 Å². The molecule has 0 saturated heterocycles. The molecule has 3 rings (SSSR count). The van der Waals surface area contributed by atoms with Gasteiger partial charge in [-0.3, -0.25) is 10.1 Å². The van der Waals surface area contributed by atoms with Crippen LogP contribution in [0.3, 0.4) is 0 Å². The summed E-state index contributed by atoms with van der Waals surface area (Å²) < 4.78 is 23.5. The van der Waals surface area contributed by atoms with Gasteiger partial charge in [-0.25, -0.2) is 0 Å². The van der Waals surface area contributed by atoms with E-state index in [0.29, 0.717) is 17.2 Å². The molecule has 0 fully saturated rings. The summed E-state index contributed by atoms with van der Waals surface area (Å²) in [6, 6.07) is 6.86. The minimum absolute atomic E-state index is 0.122. The van der Waals surface area contributed by atoms with Gasteiger partial charge in [-0.2, -0.15) is 9.37 Å². The van der Waals surface area contributed by atoms with E-state index in [9.17, 15) is 14.5 Å². The number of nitrogens with one attached hydrogen (secondary N) is 1. The molecule has 1 aromatic carbocycles. The van der Waals surface area contributed by atoms with Crippen LogP contribution in [0.4, 0.5) is 21.6 Å². The second-order valence-electron chi connectivity index (χ2n) is 3.95. The summed E-state index contributed by atoms with van der Waals surface area (Å²) in [4.78, 5) is 13.7. The number of aromatic nitrogens is 1. The Kier molecular flexibility index (Phi) is 2.82. The monoisotopic (exact) mass is 277 g/mol. The van der Waals surface area contributed by atoms with E-state index < -0.39 is 10.9 Å². The van der Waals surface area contributed by atoms with Crippen molar-refractivity contribution in [2.75, 3.05) is 12.1 Å². The first kappa shape index (κ1) is 12.2. The lowest BCUT2D eigenvalue weighted by Crippen LogP contribution is -2.01. The Labute approximate surface area is 112 Å². The summed E-state index contributed by atoms with van der Waals surface area (Å²) in [5.74, 6) is 0.110. The van der Waals surface area contributed by atoms with Gasteiger partial charge in [0, 0.05) is 23.9 Å². The van der Waals surface area contributed by atoms with Crippen LogP contribution < -0.4 is 14.8 Å². The van der Waals surface area contributed by atoms with Crippen molar-refractivity contribution in [3.63, 3.8) is 0 Å². The molecule has 0 aliphatic carbocycles. The van der Waals surface area contributed by atoms with Crippen LogP contribution in [-0.2, 0) is 0 Å². The zero-order valence-electron chi connectivity index (χ0n) is 10.00. The van der Waals surface area contributed by atoms with E-state index in [-0.39, 0.29) is 18.3 Å². The smallest absolute Gasteiger partial charge is 0.311 e. The van der Waals surface area contributed by atoms with Crippen molar-refractivity contribution >= 4 is 17.2 Å². The second-order valence-corrected chi connectivity index (χ2v) is 3.95. The summed E-state index contributed by atoms with van der Waals surface area (Å²) in [5, 5.41) is 13.6. The van der Waals surface area contributed by atoms with Gasteiger partial charge in [-0.1, -0.05) is 0 Å². The van der Waals surface area contributed by atoms with Gasteiger partial charge >= 0.3 is 5.69 Å². The maximum Gasteiger partial charge on any atom is 0.311 e. The second kappa shape index (κ2) is 4.65. The van der Waals surface area contributed by atoms with Crippen LogP contribution in [0.1, 0.15) is 0 Å². The number of ether oxygens (including phenoxy) is 2. The minimum Gasteiger partial charge on any atom is -0.454 e. The third-order valence-corrected chi connectivity index (χ3v) is 2.67. The number of benzene rings is 1. The molecule has 1 aliphatic rings. The van der Waals surface area contributed by atoms with Crippen molar-refractivity contribution in [1.82, 2.24) is 4.98 Å². The molecule has 102 valence electrons. The van der Waals surface area contributed by atoms with Gasteiger partial charge in [0.15, 0.2) is 11.5 Å². The number of hydrogen-bond donors (Lipinski definition) is 1. The van der Waals surface area contributed by atoms with Crippen molar-refractivity contribution in [3.05, 3.63) is 46.4 Å². The first-order chi connectivity index (χ1) is 9.63. The maximum absolute atomic E-state index is 13.1. The predicted molar refractivity (Wildman–Crippen MR) is 66.7 cm³/mol. The number of nitro groups is 1. The molecule has 1 N–H and O–H groups in total. The highest BCUT2D eigenvalue weighted by Crippen LogP contribution is 2.35. The first-order valence-electron chi connectivity index (χ1n) is 5.61. The topological polar surface area (TPSA) is 86.5 Å². The highest BCUT2D eigenvalue weighted by molar-refractivity contribution is 5.67. The van der Waals surface area contributed by atoms with Crippen LogP contribution in [0.15, 0.2) is 30.3 Å². The fraction of sp³-hybridized carbons (Fsp3) is 0.0833. The highest BCUT2D eigenvalue weighted by Gasteiger charge is 2.18. The van der Waals surface area contributed by atoms with Crippen LogP contribution in [-0.4, -0.2) is 16.7 Å². The zero-order valence-corrected chi connectivity index (χ0v) is 10.00. The Hall–Kier alpha value is -2.90. The number of fused-ring (bicyclic) bond motifs is 1. The number of halogens is 1. The van der Waals surface area contributed by atoms with Gasteiger partial charge in [0.25, 0.3) is 0 Å². The number of pyridine rings is 1. The lowest BCUT2D eigenvalue weighted by Gasteiger charge is -2.07. The molecular weight excluding hydrogens is 269 g/mol. The van der Waals surface area contributed by atoms with Crippen LogP contribution in [0.2, 0.25) is 0 Å². The molecule has 0 spiro atoms. The van der Waals surface area contributed by atoms with E-state index >= 15 is 0 Å². The Morgan fingerprint density at radius 1 is 1.25 bits per heavy atom. The van der Waals surface area contributed by atoms with Crippen molar-refractivity contribution in [2.45, 2.75) is 0 Å². The van der Waals surface area contributed by atoms with Gasteiger partial charge in [0.05, 0.1) is 4.92 Å². The van der Waals surface area contributed by atoms with Crippen LogP contribution in [0.25, 0.3) is 0 Å². The number of rotatable bonds is 3. The summed E-state index contributed by atoms with van der Waals surface area (Å²) in [6.45, 7) is 0.122. The third kappa shape index (κ3) is 2.18. The summed E-state index contributed by atoms with van der Waals surface area (Å²) in [5.41, 5.74) is 0.166. The minimum atomic E-state index is -0.807. The Morgan fingerprint density at radius 2 is 2.05 bits per heavy atom. The van der Waals surface area contributed by atoms with Crippen molar-refractivity contribution in [1.29, 1.82) is 0 Å². The normalized spacial score (nSPS) is 12.2. The quantitative estimate of drug-likeness (QED) is 0.527. The van der Waals surface area contributed by atoms with E-state index in [1.807, 2.05) is 0 Å². The van der Waals surface area contributed by atoms with E-state index in [4.69, 9.17) is 9.47 Å². The van der Waals surface area contributed by atoms with E-state index in [0.717, 1.165) is 12.1 Å². The van der Waals surface area contributed by atoms with Crippen LogP contribution >= 0.6 is 0 Å². The first-order valence-corrected chi connectivity index (χ1v) is 5.61. The Bertz CT molecular complexity index is 692. The van der Waals surface area contributed by atoms with Crippen molar-refractivity contribution in [2.24, 2.45) is 0 Å². The van der Waals surface area contributed by atoms with E-state index in [1.54, 1.807) is 18.2 Å². The fourth-order valence-corrected chi connectivity index (χ4v) is 1.78. The summed E-state index contributed by atoms with van der Waals surface area (Å²) in [6.07, 6.45) is 0. The van der Waals surface area contributed by atoms with Crippen LogP contribution in [0.5, 0.6) is 11.5 Å². The number of hydrogen-bond acceptors (Lipinski definition) is 6. The molecule has 20 heavy (non-hydrogen) atoms. The van der Waals surface area contributed by atoms with Gasteiger partial charge < -0.3 is 14.8 Å². The molecule has 2 aromatic rings. The molecule has 0 radical (unpaired) electrons. The molecule has 0 saturated carbocycles. The molecule has 7 nitrogen and oxygen atoms in total. The molecule has 0 unspecified atom stereocenters. The number of nitrogens with zero attached hydrogens (tertiary/aromatic N) is 2. The average Bonchev–Trinajstić information content (AvgIpc) is 2.85. The highest BCUT2D eigenvalue weighted by atomic mass is 19.1. The maximum atomic E-state index is 13.1. The molecule has 1 aromatic heterocycles. The molecule has 1 aliphatic heterocycles. The molecule has 2 heterocycles. The average molecular weight is 277 g/mol. The Balaban J connectivity index is 1.95. The van der Waals surface area contributed by atoms with Gasteiger partial charge in [-0.15, -0.1) is 0 Å². The summed E-state index contributed by atoms with van der Waals surface area (Å²) in [7, 11) is 0. The van der Waals surface area contributed by atoms with Crippen molar-refractivity contribution < 1.29 is 18.8 Å². The summed E-state index contributed by atoms with van der Waals surface area (Å²) >= 11 is 0. The van der Waals surface area contributed by atoms with Crippen LogP contribution in [0, 0.1) is 16.1 Å². The standard InChI is InChI=1S/C12H8FN3O4/c13-11-4-2-8(16(17)18)12(15-11)14-7-1-3-9-10(5-7)20-6-19-9/h1-5H,6H2,(H,14,15). The number of anilines is 2. The van der Waals surface area contributed by atoms with Gasteiger partial charge in [-0.05, 0) is 12.1 Å².